The Morgan fingerprint density at radius 3 is 2.62 bits per heavy atom. The molecule has 0 bridgehead atoms. The van der Waals surface area contributed by atoms with E-state index >= 15 is 0 Å². The highest BCUT2D eigenvalue weighted by molar-refractivity contribution is 5.96. The Morgan fingerprint density at radius 2 is 1.94 bits per heavy atom. The van der Waals surface area contributed by atoms with Gasteiger partial charge in [-0.15, -0.1) is 0 Å². The van der Waals surface area contributed by atoms with Crippen LogP contribution in [-0.2, 0) is 21.4 Å². The van der Waals surface area contributed by atoms with Crippen molar-refractivity contribution >= 4 is 11.8 Å². The first-order valence-corrected chi connectivity index (χ1v) is 10.7. The van der Waals surface area contributed by atoms with Gasteiger partial charge in [0.1, 0.15) is 11.8 Å². The number of carbonyl (C=O) groups is 2. The average molecular weight is 432 g/mol. The number of ether oxygens (including phenoxy) is 1. The van der Waals surface area contributed by atoms with E-state index in [2.05, 4.69) is 15.5 Å². The SMILES string of the molecule is COc1ccc(C2(C(=O)N3CCNC(=O)C3Cc3nc(-c4ccccc4)no3)CC2)cc1. The molecule has 1 unspecified atom stereocenters. The summed E-state index contributed by atoms with van der Waals surface area (Å²) in [5, 5.41) is 6.90. The third kappa shape index (κ3) is 3.62. The number of aromatic nitrogens is 2. The van der Waals surface area contributed by atoms with E-state index in [0.29, 0.717) is 24.8 Å². The van der Waals surface area contributed by atoms with Crippen LogP contribution in [0.15, 0.2) is 59.1 Å². The predicted molar refractivity (Wildman–Crippen MR) is 116 cm³/mol. The van der Waals surface area contributed by atoms with Crippen LogP contribution in [0.1, 0.15) is 24.3 Å². The molecule has 8 heteroatoms. The van der Waals surface area contributed by atoms with E-state index in [9.17, 15) is 9.59 Å². The Bertz CT molecular complexity index is 1120. The number of methoxy groups -OCH3 is 1. The van der Waals surface area contributed by atoms with Crippen molar-refractivity contribution in [3.05, 3.63) is 66.1 Å². The lowest BCUT2D eigenvalue weighted by atomic mass is 9.92. The molecule has 1 aliphatic carbocycles. The number of piperazine rings is 1. The monoisotopic (exact) mass is 432 g/mol. The van der Waals surface area contributed by atoms with Crippen LogP contribution in [0.5, 0.6) is 5.75 Å². The minimum Gasteiger partial charge on any atom is -0.497 e. The van der Waals surface area contributed by atoms with Crippen molar-refractivity contribution in [2.75, 3.05) is 20.2 Å². The highest BCUT2D eigenvalue weighted by Crippen LogP contribution is 2.50. The van der Waals surface area contributed by atoms with Gasteiger partial charge in [0.15, 0.2) is 0 Å². The zero-order valence-electron chi connectivity index (χ0n) is 17.8. The molecule has 2 fully saturated rings. The fourth-order valence-electron chi connectivity index (χ4n) is 4.30. The highest BCUT2D eigenvalue weighted by atomic mass is 16.5. The van der Waals surface area contributed by atoms with Gasteiger partial charge in [-0.25, -0.2) is 0 Å². The van der Waals surface area contributed by atoms with Gasteiger partial charge in [-0.3, -0.25) is 9.59 Å². The first-order valence-electron chi connectivity index (χ1n) is 10.7. The molecular weight excluding hydrogens is 408 g/mol. The summed E-state index contributed by atoms with van der Waals surface area (Å²) in [7, 11) is 1.62. The molecule has 2 amide bonds. The zero-order chi connectivity index (χ0) is 22.1. The summed E-state index contributed by atoms with van der Waals surface area (Å²) in [6, 6.07) is 16.4. The number of nitrogens with zero attached hydrogens (tertiary/aromatic N) is 3. The largest absolute Gasteiger partial charge is 0.497 e. The van der Waals surface area contributed by atoms with Gasteiger partial charge in [0.05, 0.1) is 18.9 Å². The number of amides is 2. The Kier molecular flexibility index (Phi) is 5.13. The van der Waals surface area contributed by atoms with Crippen LogP contribution >= 0.6 is 0 Å². The number of hydrogen-bond acceptors (Lipinski definition) is 6. The minimum atomic E-state index is -0.684. The zero-order valence-corrected chi connectivity index (χ0v) is 17.8. The van der Waals surface area contributed by atoms with Crippen molar-refractivity contribution < 1.29 is 18.8 Å². The van der Waals surface area contributed by atoms with Crippen molar-refractivity contribution in [2.45, 2.75) is 30.7 Å². The molecule has 2 aromatic carbocycles. The van der Waals surface area contributed by atoms with Gasteiger partial charge in [0.25, 0.3) is 0 Å². The van der Waals surface area contributed by atoms with Crippen LogP contribution in [0.2, 0.25) is 0 Å². The summed E-state index contributed by atoms with van der Waals surface area (Å²) in [4.78, 5) is 32.5. The Morgan fingerprint density at radius 1 is 1.19 bits per heavy atom. The fourth-order valence-corrected chi connectivity index (χ4v) is 4.30. The molecule has 0 spiro atoms. The third-order valence-electron chi connectivity index (χ3n) is 6.26. The number of benzene rings is 2. The molecular formula is C24H24N4O4. The van der Waals surface area contributed by atoms with Gasteiger partial charge in [-0.1, -0.05) is 47.6 Å². The topological polar surface area (TPSA) is 97.6 Å². The van der Waals surface area contributed by atoms with Gasteiger partial charge < -0.3 is 19.5 Å². The number of hydrogen-bond donors (Lipinski definition) is 1. The highest BCUT2D eigenvalue weighted by Gasteiger charge is 2.55. The van der Waals surface area contributed by atoms with Crippen molar-refractivity contribution in [2.24, 2.45) is 0 Å². The summed E-state index contributed by atoms with van der Waals surface area (Å²) in [6.45, 7) is 0.881. The molecule has 2 heterocycles. The fraction of sp³-hybridized carbons (Fsp3) is 0.333. The number of rotatable bonds is 6. The normalized spacial score (nSPS) is 19.3. The quantitative estimate of drug-likeness (QED) is 0.642. The van der Waals surface area contributed by atoms with E-state index in [1.165, 1.54) is 0 Å². The molecule has 32 heavy (non-hydrogen) atoms. The summed E-state index contributed by atoms with van der Waals surface area (Å²) in [5.41, 5.74) is 1.21. The summed E-state index contributed by atoms with van der Waals surface area (Å²) in [6.07, 6.45) is 1.71. The van der Waals surface area contributed by atoms with Crippen LogP contribution in [0.3, 0.4) is 0 Å². The Hall–Kier alpha value is -3.68. The van der Waals surface area contributed by atoms with E-state index in [1.807, 2.05) is 54.6 Å². The number of nitrogens with one attached hydrogen (secondary N) is 1. The first kappa shape index (κ1) is 20.2. The lowest BCUT2D eigenvalue weighted by molar-refractivity contribution is -0.145. The second-order valence-corrected chi connectivity index (χ2v) is 8.20. The second-order valence-electron chi connectivity index (χ2n) is 8.20. The van der Waals surface area contributed by atoms with Crippen molar-refractivity contribution in [1.82, 2.24) is 20.4 Å². The predicted octanol–water partition coefficient (Wildman–Crippen LogP) is 2.35. The maximum atomic E-state index is 13.7. The first-order chi connectivity index (χ1) is 15.6. The smallest absolute Gasteiger partial charge is 0.243 e. The Labute approximate surface area is 185 Å². The van der Waals surface area contributed by atoms with Crippen molar-refractivity contribution in [1.29, 1.82) is 0 Å². The summed E-state index contributed by atoms with van der Waals surface area (Å²) >= 11 is 0. The molecule has 164 valence electrons. The van der Waals surface area contributed by atoms with E-state index in [1.54, 1.807) is 12.0 Å². The molecule has 1 N–H and O–H groups in total. The van der Waals surface area contributed by atoms with Crippen LogP contribution < -0.4 is 10.1 Å². The lowest BCUT2D eigenvalue weighted by Gasteiger charge is -2.37. The standard InChI is InChI=1S/C24H24N4O4/c1-31-18-9-7-17(8-10-18)24(11-12-24)23(30)28-14-13-25-22(29)19(28)15-20-26-21(27-32-20)16-5-3-2-4-6-16/h2-10,19H,11-15H2,1H3,(H,25,29). The summed E-state index contributed by atoms with van der Waals surface area (Å²) < 4.78 is 10.7. The van der Waals surface area contributed by atoms with Crippen LogP contribution in [0.4, 0.5) is 0 Å². The molecule has 3 aromatic rings. The molecule has 2 aliphatic rings. The van der Waals surface area contributed by atoms with Crippen LogP contribution in [0.25, 0.3) is 11.4 Å². The van der Waals surface area contributed by atoms with E-state index in [-0.39, 0.29) is 18.2 Å². The van der Waals surface area contributed by atoms with Crippen molar-refractivity contribution in [3.63, 3.8) is 0 Å². The van der Waals surface area contributed by atoms with Gasteiger partial charge in [-0.2, -0.15) is 4.98 Å². The van der Waals surface area contributed by atoms with E-state index in [4.69, 9.17) is 9.26 Å². The molecule has 0 radical (unpaired) electrons. The Balaban J connectivity index is 1.38. The van der Waals surface area contributed by atoms with Gasteiger partial charge >= 0.3 is 0 Å². The molecule has 1 saturated carbocycles. The minimum absolute atomic E-state index is 0.0229. The third-order valence-corrected chi connectivity index (χ3v) is 6.26. The van der Waals surface area contributed by atoms with E-state index in [0.717, 1.165) is 29.7 Å². The summed E-state index contributed by atoms with van der Waals surface area (Å²) in [5.74, 6) is 1.32. The lowest BCUT2D eigenvalue weighted by Crippen LogP contribution is -2.60. The van der Waals surface area contributed by atoms with Gasteiger partial charge in [0, 0.05) is 18.7 Å². The molecule has 8 nitrogen and oxygen atoms in total. The average Bonchev–Trinajstić information content (AvgIpc) is 3.52. The molecule has 5 rings (SSSR count). The second kappa shape index (κ2) is 8.11. The van der Waals surface area contributed by atoms with Gasteiger partial charge in [-0.05, 0) is 30.5 Å². The van der Waals surface area contributed by atoms with Crippen molar-refractivity contribution in [3.8, 4) is 17.1 Å². The molecule has 1 saturated heterocycles. The maximum absolute atomic E-state index is 13.7. The molecule has 1 aliphatic heterocycles. The maximum Gasteiger partial charge on any atom is 0.243 e. The molecule has 1 atom stereocenters. The van der Waals surface area contributed by atoms with Crippen LogP contribution in [-0.4, -0.2) is 53.1 Å². The van der Waals surface area contributed by atoms with Gasteiger partial charge in [0.2, 0.25) is 23.5 Å². The van der Waals surface area contributed by atoms with Crippen LogP contribution in [0, 0.1) is 0 Å². The molecule has 1 aromatic heterocycles. The number of carbonyl (C=O) groups excluding carboxylic acids is 2. The van der Waals surface area contributed by atoms with E-state index < -0.39 is 11.5 Å².